The lowest BCUT2D eigenvalue weighted by atomic mass is 9.80. The fourth-order valence-electron chi connectivity index (χ4n) is 6.74. The van der Waals surface area contributed by atoms with Crippen LogP contribution in [0.25, 0.3) is 10.9 Å². The van der Waals surface area contributed by atoms with E-state index < -0.39 is 0 Å². The van der Waals surface area contributed by atoms with Crippen LogP contribution in [0.1, 0.15) is 68.9 Å². The first-order valence-electron chi connectivity index (χ1n) is 15.2. The standard InChI is InChI=1S/C33H43ClN4O2/c34-29-14-6-4-10-24(29)17-18-32(39)36-22-27(20-26-21-35-30-15-7-5-13-28(26)30)37-33(40)23-38-19-9-8-16-31(38)25-11-2-1-3-12-25/h4-7,10,13-15,21,25,27,31,35H,1-3,8-9,11-12,16-20,22-23H2,(H,36,39)(H,37,40)/t27-,31?/m1/s1. The Kier molecular flexibility index (Phi) is 10.2. The highest BCUT2D eigenvalue weighted by atomic mass is 35.5. The minimum Gasteiger partial charge on any atom is -0.361 e. The predicted octanol–water partition coefficient (Wildman–Crippen LogP) is 6.03. The molecule has 2 amide bonds. The number of hydrogen-bond donors (Lipinski definition) is 3. The molecule has 40 heavy (non-hydrogen) atoms. The van der Waals surface area contributed by atoms with Crippen LogP contribution in [0.3, 0.4) is 0 Å². The number of carbonyl (C=O) groups is 2. The van der Waals surface area contributed by atoms with E-state index in [0.717, 1.165) is 40.9 Å². The van der Waals surface area contributed by atoms with Gasteiger partial charge in [0.2, 0.25) is 11.8 Å². The highest BCUT2D eigenvalue weighted by molar-refractivity contribution is 6.31. The van der Waals surface area contributed by atoms with Gasteiger partial charge in [-0.15, -0.1) is 0 Å². The van der Waals surface area contributed by atoms with Gasteiger partial charge in [0, 0.05) is 41.1 Å². The van der Waals surface area contributed by atoms with Crippen molar-refractivity contribution < 1.29 is 9.59 Å². The molecule has 1 saturated heterocycles. The van der Waals surface area contributed by atoms with Crippen molar-refractivity contribution in [2.24, 2.45) is 5.92 Å². The van der Waals surface area contributed by atoms with Crippen LogP contribution in [0, 0.1) is 5.92 Å². The summed E-state index contributed by atoms with van der Waals surface area (Å²) in [4.78, 5) is 32.0. The molecule has 2 atom stereocenters. The first-order valence-corrected chi connectivity index (χ1v) is 15.5. The number of amides is 2. The molecule has 214 valence electrons. The summed E-state index contributed by atoms with van der Waals surface area (Å²) in [6.07, 6.45) is 13.8. The molecule has 3 aromatic rings. The monoisotopic (exact) mass is 562 g/mol. The largest absolute Gasteiger partial charge is 0.361 e. The van der Waals surface area contributed by atoms with Crippen molar-refractivity contribution in [2.75, 3.05) is 19.6 Å². The van der Waals surface area contributed by atoms with Crippen LogP contribution >= 0.6 is 11.6 Å². The molecule has 3 N–H and O–H groups in total. The van der Waals surface area contributed by atoms with E-state index in [1.54, 1.807) is 0 Å². The summed E-state index contributed by atoms with van der Waals surface area (Å²) in [5, 5.41) is 8.22. The Morgan fingerprint density at radius 2 is 1.70 bits per heavy atom. The Hall–Kier alpha value is -2.83. The van der Waals surface area contributed by atoms with Crippen LogP contribution in [0.5, 0.6) is 0 Å². The van der Waals surface area contributed by atoms with Crippen LogP contribution in [0.4, 0.5) is 0 Å². The van der Waals surface area contributed by atoms with Crippen molar-refractivity contribution in [3.8, 4) is 0 Å². The lowest BCUT2D eigenvalue weighted by molar-refractivity contribution is -0.125. The second-order valence-electron chi connectivity index (χ2n) is 11.7. The number of likely N-dealkylation sites (tertiary alicyclic amines) is 1. The number of carbonyl (C=O) groups excluding carboxylic acids is 2. The lowest BCUT2D eigenvalue weighted by Gasteiger charge is -2.41. The summed E-state index contributed by atoms with van der Waals surface area (Å²) in [5.74, 6) is 0.741. The number of rotatable bonds is 11. The maximum Gasteiger partial charge on any atom is 0.234 e. The van der Waals surface area contributed by atoms with Crippen molar-refractivity contribution in [2.45, 2.75) is 82.7 Å². The summed E-state index contributed by atoms with van der Waals surface area (Å²) < 4.78 is 0. The molecule has 6 nitrogen and oxygen atoms in total. The summed E-state index contributed by atoms with van der Waals surface area (Å²) in [6, 6.07) is 16.2. The number of para-hydroxylation sites is 1. The quantitative estimate of drug-likeness (QED) is 0.267. The number of H-pyrrole nitrogens is 1. The third-order valence-electron chi connectivity index (χ3n) is 8.84. The molecule has 2 heterocycles. The van der Waals surface area contributed by atoms with Crippen molar-refractivity contribution in [3.63, 3.8) is 0 Å². The van der Waals surface area contributed by atoms with Gasteiger partial charge in [0.05, 0.1) is 12.6 Å². The Bertz CT molecular complexity index is 1270. The maximum absolute atomic E-state index is 13.4. The van der Waals surface area contributed by atoms with Gasteiger partial charge < -0.3 is 15.6 Å². The Morgan fingerprint density at radius 3 is 2.55 bits per heavy atom. The van der Waals surface area contributed by atoms with Gasteiger partial charge in [0.1, 0.15) is 0 Å². The Balaban J connectivity index is 1.21. The molecule has 1 aliphatic heterocycles. The first kappa shape index (κ1) is 28.7. The second kappa shape index (κ2) is 14.2. The summed E-state index contributed by atoms with van der Waals surface area (Å²) in [5.41, 5.74) is 3.19. The molecule has 0 bridgehead atoms. The summed E-state index contributed by atoms with van der Waals surface area (Å²) >= 11 is 6.27. The van der Waals surface area contributed by atoms with Crippen molar-refractivity contribution in [3.05, 3.63) is 70.9 Å². The highest BCUT2D eigenvalue weighted by Gasteiger charge is 2.32. The minimum atomic E-state index is -0.200. The van der Waals surface area contributed by atoms with Crippen LogP contribution in [0.2, 0.25) is 5.02 Å². The number of nitrogens with one attached hydrogen (secondary N) is 3. The molecule has 7 heteroatoms. The number of hydrogen-bond acceptors (Lipinski definition) is 3. The molecule has 1 aliphatic carbocycles. The lowest BCUT2D eigenvalue weighted by Crippen LogP contribution is -2.52. The number of benzene rings is 2. The second-order valence-corrected chi connectivity index (χ2v) is 12.1. The average Bonchev–Trinajstić information content (AvgIpc) is 3.39. The Morgan fingerprint density at radius 1 is 0.925 bits per heavy atom. The number of aryl methyl sites for hydroxylation is 1. The molecule has 0 radical (unpaired) electrons. The molecule has 2 aliphatic rings. The van der Waals surface area contributed by atoms with Crippen molar-refractivity contribution in [1.29, 1.82) is 0 Å². The molecule has 0 spiro atoms. The third-order valence-corrected chi connectivity index (χ3v) is 9.20. The fraction of sp³-hybridized carbons (Fsp3) is 0.515. The summed E-state index contributed by atoms with van der Waals surface area (Å²) in [7, 11) is 0. The van der Waals surface area contributed by atoms with Gasteiger partial charge >= 0.3 is 0 Å². The minimum absolute atomic E-state index is 0.0357. The molecule has 5 rings (SSSR count). The predicted molar refractivity (Wildman–Crippen MR) is 163 cm³/mol. The zero-order chi connectivity index (χ0) is 27.7. The van der Waals surface area contributed by atoms with E-state index in [-0.39, 0.29) is 17.9 Å². The van der Waals surface area contributed by atoms with E-state index in [1.165, 1.54) is 44.9 Å². The van der Waals surface area contributed by atoms with Gasteiger partial charge in [-0.25, -0.2) is 0 Å². The smallest absolute Gasteiger partial charge is 0.234 e. The molecular weight excluding hydrogens is 520 g/mol. The molecule has 1 unspecified atom stereocenters. The van der Waals surface area contributed by atoms with Gasteiger partial charge in [-0.3, -0.25) is 14.5 Å². The van der Waals surface area contributed by atoms with Gasteiger partial charge in [-0.05, 0) is 74.2 Å². The summed E-state index contributed by atoms with van der Waals surface area (Å²) in [6.45, 7) is 1.82. The van der Waals surface area contributed by atoms with Crippen LogP contribution in [0.15, 0.2) is 54.7 Å². The van der Waals surface area contributed by atoms with Crippen LogP contribution < -0.4 is 10.6 Å². The molecule has 1 aromatic heterocycles. The Labute approximate surface area is 243 Å². The van der Waals surface area contributed by atoms with Gasteiger partial charge in [0.15, 0.2) is 0 Å². The van der Waals surface area contributed by atoms with Crippen LogP contribution in [-0.2, 0) is 22.4 Å². The zero-order valence-corrected chi connectivity index (χ0v) is 24.2. The van der Waals surface area contributed by atoms with E-state index in [1.807, 2.05) is 42.6 Å². The van der Waals surface area contributed by atoms with Crippen molar-refractivity contribution >= 4 is 34.3 Å². The number of aromatic amines is 1. The number of piperidine rings is 1. The van der Waals surface area contributed by atoms with E-state index in [0.29, 0.717) is 43.4 Å². The van der Waals surface area contributed by atoms with Gasteiger partial charge in [-0.1, -0.05) is 73.7 Å². The molecule has 1 saturated carbocycles. The molecule has 2 aromatic carbocycles. The van der Waals surface area contributed by atoms with E-state index in [4.69, 9.17) is 11.6 Å². The SMILES string of the molecule is O=C(CCc1ccccc1Cl)NC[C@@H](Cc1c[nH]c2ccccc12)NC(=O)CN1CCCCC1C1CCCCC1. The first-order chi connectivity index (χ1) is 19.6. The van der Waals surface area contributed by atoms with E-state index in [9.17, 15) is 9.59 Å². The average molecular weight is 563 g/mol. The maximum atomic E-state index is 13.4. The number of nitrogens with zero attached hydrogens (tertiary/aromatic N) is 1. The fourth-order valence-corrected chi connectivity index (χ4v) is 6.97. The topological polar surface area (TPSA) is 77.2 Å². The third kappa shape index (κ3) is 7.67. The number of fused-ring (bicyclic) bond motifs is 1. The van der Waals surface area contributed by atoms with Gasteiger partial charge in [-0.2, -0.15) is 0 Å². The highest BCUT2D eigenvalue weighted by Crippen LogP contribution is 2.33. The normalized spacial score (nSPS) is 19.4. The van der Waals surface area contributed by atoms with E-state index >= 15 is 0 Å². The molecule has 2 fully saturated rings. The zero-order valence-electron chi connectivity index (χ0n) is 23.5. The van der Waals surface area contributed by atoms with Gasteiger partial charge in [0.25, 0.3) is 0 Å². The molecular formula is C33H43ClN4O2. The van der Waals surface area contributed by atoms with Crippen molar-refractivity contribution in [1.82, 2.24) is 20.5 Å². The number of aromatic nitrogens is 1. The number of halogens is 1. The van der Waals surface area contributed by atoms with E-state index in [2.05, 4.69) is 32.7 Å². The van der Waals surface area contributed by atoms with Crippen LogP contribution in [-0.4, -0.2) is 53.4 Å².